The van der Waals surface area contributed by atoms with Crippen LogP contribution in [0, 0.1) is 5.92 Å². The molecular formula is C20H26O3. The zero-order valence-electron chi connectivity index (χ0n) is 14.5. The Morgan fingerprint density at radius 2 is 1.52 bits per heavy atom. The van der Waals surface area contributed by atoms with Crippen LogP contribution in [0.5, 0.6) is 17.2 Å². The molecule has 0 radical (unpaired) electrons. The number of hydrogen-bond acceptors (Lipinski definition) is 3. The summed E-state index contributed by atoms with van der Waals surface area (Å²) in [6.07, 6.45) is 3.17. The molecule has 0 aliphatic rings. The summed E-state index contributed by atoms with van der Waals surface area (Å²) < 4.78 is 16.1. The van der Waals surface area contributed by atoms with E-state index in [4.69, 9.17) is 14.2 Å². The van der Waals surface area contributed by atoms with Crippen LogP contribution in [-0.4, -0.2) is 21.3 Å². The van der Waals surface area contributed by atoms with Crippen LogP contribution in [0.15, 0.2) is 42.5 Å². The van der Waals surface area contributed by atoms with Gasteiger partial charge in [0, 0.05) is 0 Å². The van der Waals surface area contributed by atoms with Gasteiger partial charge < -0.3 is 14.2 Å². The zero-order chi connectivity index (χ0) is 16.7. The number of para-hydroxylation sites is 1. The standard InChI is InChI=1S/C20H26O3/c1-15(13-17-7-5-6-8-18(17)21-2)9-10-16-11-12-19(22-3)20(14-16)23-4/h5-8,11-12,14-15H,9-10,13H2,1-4H3/t15-/m0/s1. The second-order valence-corrected chi connectivity index (χ2v) is 5.85. The van der Waals surface area contributed by atoms with Crippen LogP contribution in [0.1, 0.15) is 24.5 Å². The van der Waals surface area contributed by atoms with Gasteiger partial charge in [0.05, 0.1) is 21.3 Å². The highest BCUT2D eigenvalue weighted by Crippen LogP contribution is 2.29. The van der Waals surface area contributed by atoms with Crippen molar-refractivity contribution in [1.29, 1.82) is 0 Å². The number of hydrogen-bond donors (Lipinski definition) is 0. The predicted octanol–water partition coefficient (Wildman–Crippen LogP) is 4.52. The van der Waals surface area contributed by atoms with E-state index in [9.17, 15) is 0 Å². The van der Waals surface area contributed by atoms with Crippen LogP contribution in [0.2, 0.25) is 0 Å². The van der Waals surface area contributed by atoms with E-state index >= 15 is 0 Å². The van der Waals surface area contributed by atoms with Gasteiger partial charge in [0.25, 0.3) is 0 Å². The van der Waals surface area contributed by atoms with Crippen molar-refractivity contribution < 1.29 is 14.2 Å². The highest BCUT2D eigenvalue weighted by molar-refractivity contribution is 5.43. The molecule has 0 heterocycles. The molecule has 0 amide bonds. The van der Waals surface area contributed by atoms with Gasteiger partial charge in [-0.1, -0.05) is 31.2 Å². The molecule has 2 aromatic rings. The summed E-state index contributed by atoms with van der Waals surface area (Å²) in [5, 5.41) is 0. The van der Waals surface area contributed by atoms with Crippen LogP contribution >= 0.6 is 0 Å². The van der Waals surface area contributed by atoms with Gasteiger partial charge in [-0.25, -0.2) is 0 Å². The first-order chi connectivity index (χ1) is 11.2. The van der Waals surface area contributed by atoms with Gasteiger partial charge in [0.1, 0.15) is 5.75 Å². The summed E-state index contributed by atoms with van der Waals surface area (Å²) in [6.45, 7) is 2.28. The molecule has 0 aromatic heterocycles. The Hall–Kier alpha value is -2.16. The van der Waals surface area contributed by atoms with Crippen LogP contribution in [0.3, 0.4) is 0 Å². The minimum atomic E-state index is 0.583. The van der Waals surface area contributed by atoms with Crippen LogP contribution in [0.25, 0.3) is 0 Å². The van der Waals surface area contributed by atoms with Gasteiger partial charge in [-0.3, -0.25) is 0 Å². The molecule has 0 bridgehead atoms. The lowest BCUT2D eigenvalue weighted by Gasteiger charge is -2.15. The molecule has 0 N–H and O–H groups in total. The van der Waals surface area contributed by atoms with E-state index < -0.39 is 0 Å². The number of methoxy groups -OCH3 is 3. The van der Waals surface area contributed by atoms with E-state index in [0.29, 0.717) is 5.92 Å². The Morgan fingerprint density at radius 1 is 0.826 bits per heavy atom. The van der Waals surface area contributed by atoms with Crippen molar-refractivity contribution >= 4 is 0 Å². The van der Waals surface area contributed by atoms with Crippen LogP contribution < -0.4 is 14.2 Å². The number of aryl methyl sites for hydroxylation is 1. The quantitative estimate of drug-likeness (QED) is 0.717. The lowest BCUT2D eigenvalue weighted by Crippen LogP contribution is -2.03. The fourth-order valence-electron chi connectivity index (χ4n) is 2.80. The molecule has 124 valence electrons. The van der Waals surface area contributed by atoms with E-state index in [1.54, 1.807) is 21.3 Å². The first-order valence-corrected chi connectivity index (χ1v) is 8.00. The molecule has 2 rings (SSSR count). The van der Waals surface area contributed by atoms with Crippen LogP contribution in [0.4, 0.5) is 0 Å². The monoisotopic (exact) mass is 314 g/mol. The normalized spacial score (nSPS) is 11.8. The van der Waals surface area contributed by atoms with Gasteiger partial charge in [0.2, 0.25) is 0 Å². The SMILES string of the molecule is COc1ccccc1C[C@@H](C)CCc1ccc(OC)c(OC)c1. The van der Waals surface area contributed by atoms with Crippen molar-refractivity contribution in [3.63, 3.8) is 0 Å². The molecular weight excluding hydrogens is 288 g/mol. The first kappa shape index (κ1) is 17.2. The number of benzene rings is 2. The number of ether oxygens (including phenoxy) is 3. The second-order valence-electron chi connectivity index (χ2n) is 5.85. The van der Waals surface area contributed by atoms with E-state index in [2.05, 4.69) is 31.2 Å². The third kappa shape index (κ3) is 4.65. The molecule has 0 saturated carbocycles. The average molecular weight is 314 g/mol. The van der Waals surface area contributed by atoms with E-state index in [0.717, 1.165) is 36.5 Å². The Bertz CT molecular complexity index is 622. The second kappa shape index (κ2) is 8.47. The van der Waals surface area contributed by atoms with Crippen molar-refractivity contribution in [2.24, 2.45) is 5.92 Å². The molecule has 3 heteroatoms. The minimum Gasteiger partial charge on any atom is -0.496 e. The molecule has 2 aromatic carbocycles. The maximum atomic E-state index is 5.43. The third-order valence-corrected chi connectivity index (χ3v) is 4.13. The van der Waals surface area contributed by atoms with Gasteiger partial charge >= 0.3 is 0 Å². The van der Waals surface area contributed by atoms with Gasteiger partial charge in [-0.2, -0.15) is 0 Å². The molecule has 1 atom stereocenters. The molecule has 0 saturated heterocycles. The highest BCUT2D eigenvalue weighted by Gasteiger charge is 2.10. The van der Waals surface area contributed by atoms with Crippen molar-refractivity contribution in [2.75, 3.05) is 21.3 Å². The maximum absolute atomic E-state index is 5.43. The van der Waals surface area contributed by atoms with Crippen LogP contribution in [-0.2, 0) is 12.8 Å². The molecule has 0 aliphatic carbocycles. The lowest BCUT2D eigenvalue weighted by atomic mass is 9.94. The minimum absolute atomic E-state index is 0.583. The van der Waals surface area contributed by atoms with Crippen molar-refractivity contribution in [3.05, 3.63) is 53.6 Å². The molecule has 23 heavy (non-hydrogen) atoms. The lowest BCUT2D eigenvalue weighted by molar-refractivity contribution is 0.354. The summed E-state index contributed by atoms with van der Waals surface area (Å²) >= 11 is 0. The van der Waals surface area contributed by atoms with E-state index in [-0.39, 0.29) is 0 Å². The molecule has 0 unspecified atom stereocenters. The van der Waals surface area contributed by atoms with Gasteiger partial charge in [0.15, 0.2) is 11.5 Å². The molecule has 3 nitrogen and oxygen atoms in total. The Balaban J connectivity index is 1.95. The summed E-state index contributed by atoms with van der Waals surface area (Å²) in [5.74, 6) is 3.13. The average Bonchev–Trinajstić information content (AvgIpc) is 2.60. The summed E-state index contributed by atoms with van der Waals surface area (Å²) in [7, 11) is 5.06. The zero-order valence-corrected chi connectivity index (χ0v) is 14.5. The maximum Gasteiger partial charge on any atom is 0.160 e. The van der Waals surface area contributed by atoms with Crippen molar-refractivity contribution in [2.45, 2.75) is 26.2 Å². The highest BCUT2D eigenvalue weighted by atomic mass is 16.5. The molecule has 0 aliphatic heterocycles. The Labute approximate surface area is 139 Å². The third-order valence-electron chi connectivity index (χ3n) is 4.13. The summed E-state index contributed by atoms with van der Waals surface area (Å²) in [6, 6.07) is 14.4. The van der Waals surface area contributed by atoms with Gasteiger partial charge in [-0.15, -0.1) is 0 Å². The predicted molar refractivity (Wildman–Crippen MR) is 93.7 cm³/mol. The molecule has 0 fully saturated rings. The first-order valence-electron chi connectivity index (χ1n) is 8.00. The summed E-state index contributed by atoms with van der Waals surface area (Å²) in [4.78, 5) is 0. The smallest absolute Gasteiger partial charge is 0.160 e. The summed E-state index contributed by atoms with van der Waals surface area (Å²) in [5.41, 5.74) is 2.55. The largest absolute Gasteiger partial charge is 0.496 e. The van der Waals surface area contributed by atoms with E-state index in [1.807, 2.05) is 18.2 Å². The van der Waals surface area contributed by atoms with Gasteiger partial charge in [-0.05, 0) is 54.5 Å². The Kier molecular flexibility index (Phi) is 6.33. The fourth-order valence-corrected chi connectivity index (χ4v) is 2.80. The van der Waals surface area contributed by atoms with Crippen molar-refractivity contribution in [1.82, 2.24) is 0 Å². The topological polar surface area (TPSA) is 27.7 Å². The fraction of sp³-hybridized carbons (Fsp3) is 0.400. The van der Waals surface area contributed by atoms with E-state index in [1.165, 1.54) is 11.1 Å². The van der Waals surface area contributed by atoms with Crippen molar-refractivity contribution in [3.8, 4) is 17.2 Å². The Morgan fingerprint density at radius 3 is 2.22 bits per heavy atom. The number of rotatable bonds is 8. The molecule has 0 spiro atoms.